The Morgan fingerprint density at radius 3 is 2.32 bits per heavy atom. The van der Waals surface area contributed by atoms with Gasteiger partial charge in [0.2, 0.25) is 0 Å². The molecule has 1 N–H and O–H groups in total. The molecule has 1 rings (SSSR count). The minimum absolute atomic E-state index is 0.0602. The summed E-state index contributed by atoms with van der Waals surface area (Å²) in [6, 6.07) is 7.94. The van der Waals surface area contributed by atoms with E-state index in [9.17, 15) is 4.79 Å². The summed E-state index contributed by atoms with van der Waals surface area (Å²) in [7, 11) is 1.43. The smallest absolute Gasteiger partial charge is 0.311 e. The molecule has 0 saturated carbocycles. The Balaban J connectivity index is 2.85. The maximum absolute atomic E-state index is 11.8. The quantitative estimate of drug-likeness (QED) is 0.802. The molecule has 0 amide bonds. The van der Waals surface area contributed by atoms with Crippen LogP contribution in [-0.2, 0) is 16.1 Å². The minimum Gasteiger partial charge on any atom is -0.469 e. The van der Waals surface area contributed by atoms with Gasteiger partial charge in [0.15, 0.2) is 0 Å². The SMILES string of the molecule is CCC(CC(C)(C)C(=O)OC)c1ccc(CO)cc1. The van der Waals surface area contributed by atoms with Crippen molar-refractivity contribution in [2.24, 2.45) is 5.41 Å². The Hall–Kier alpha value is -1.35. The lowest BCUT2D eigenvalue weighted by molar-refractivity contribution is -0.151. The fourth-order valence-electron chi connectivity index (χ4n) is 2.37. The van der Waals surface area contributed by atoms with Crippen molar-refractivity contribution in [2.45, 2.75) is 46.1 Å². The number of benzene rings is 1. The number of hydrogen-bond acceptors (Lipinski definition) is 3. The Morgan fingerprint density at radius 2 is 1.89 bits per heavy atom. The number of methoxy groups -OCH3 is 1. The van der Waals surface area contributed by atoms with Gasteiger partial charge in [0.05, 0.1) is 19.1 Å². The van der Waals surface area contributed by atoms with Crippen molar-refractivity contribution >= 4 is 5.97 Å². The topological polar surface area (TPSA) is 46.5 Å². The number of aliphatic hydroxyl groups is 1. The molecule has 0 saturated heterocycles. The zero-order valence-corrected chi connectivity index (χ0v) is 12.3. The van der Waals surface area contributed by atoms with Crippen LogP contribution in [0.1, 0.15) is 50.7 Å². The van der Waals surface area contributed by atoms with E-state index in [0.29, 0.717) is 5.92 Å². The van der Waals surface area contributed by atoms with E-state index < -0.39 is 5.41 Å². The lowest BCUT2D eigenvalue weighted by Gasteiger charge is -2.27. The van der Waals surface area contributed by atoms with E-state index in [1.165, 1.54) is 12.7 Å². The fourth-order valence-corrected chi connectivity index (χ4v) is 2.37. The van der Waals surface area contributed by atoms with Crippen molar-refractivity contribution in [3.8, 4) is 0 Å². The van der Waals surface area contributed by atoms with E-state index in [-0.39, 0.29) is 12.6 Å². The largest absolute Gasteiger partial charge is 0.469 e. The Bertz CT molecular complexity index is 407. The van der Waals surface area contributed by atoms with Gasteiger partial charge in [-0.1, -0.05) is 31.2 Å². The van der Waals surface area contributed by atoms with E-state index >= 15 is 0 Å². The van der Waals surface area contributed by atoms with Crippen molar-refractivity contribution in [2.75, 3.05) is 7.11 Å². The van der Waals surface area contributed by atoms with Crippen LogP contribution < -0.4 is 0 Å². The van der Waals surface area contributed by atoms with Gasteiger partial charge in [-0.3, -0.25) is 4.79 Å². The van der Waals surface area contributed by atoms with Gasteiger partial charge >= 0.3 is 5.97 Å². The predicted molar refractivity (Wildman–Crippen MR) is 75.8 cm³/mol. The summed E-state index contributed by atoms with van der Waals surface area (Å²) in [5.41, 5.74) is 1.63. The third kappa shape index (κ3) is 4.06. The van der Waals surface area contributed by atoms with Gasteiger partial charge in [-0.2, -0.15) is 0 Å². The highest BCUT2D eigenvalue weighted by atomic mass is 16.5. The van der Waals surface area contributed by atoms with Crippen LogP contribution in [0, 0.1) is 5.41 Å². The third-order valence-corrected chi connectivity index (χ3v) is 3.62. The number of hydrogen-bond donors (Lipinski definition) is 1. The van der Waals surface area contributed by atoms with Gasteiger partial charge in [-0.05, 0) is 43.7 Å². The highest BCUT2D eigenvalue weighted by Crippen LogP contribution is 2.34. The Labute approximate surface area is 115 Å². The molecule has 3 heteroatoms. The normalized spacial score (nSPS) is 13.1. The van der Waals surface area contributed by atoms with E-state index in [4.69, 9.17) is 9.84 Å². The molecule has 19 heavy (non-hydrogen) atoms. The summed E-state index contributed by atoms with van der Waals surface area (Å²) in [5, 5.41) is 9.05. The second-order valence-corrected chi connectivity index (χ2v) is 5.58. The molecular formula is C16H24O3. The molecule has 106 valence electrons. The average molecular weight is 264 g/mol. The number of carbonyl (C=O) groups is 1. The van der Waals surface area contributed by atoms with E-state index in [0.717, 1.165) is 18.4 Å². The molecule has 0 aromatic heterocycles. The van der Waals surface area contributed by atoms with Crippen LogP contribution in [0.25, 0.3) is 0 Å². The maximum Gasteiger partial charge on any atom is 0.311 e. The first kappa shape index (κ1) is 15.7. The summed E-state index contributed by atoms with van der Waals surface area (Å²) < 4.78 is 4.86. The fraction of sp³-hybridized carbons (Fsp3) is 0.562. The van der Waals surface area contributed by atoms with Gasteiger partial charge in [-0.15, -0.1) is 0 Å². The van der Waals surface area contributed by atoms with Crippen LogP contribution in [0.2, 0.25) is 0 Å². The standard InChI is InChI=1S/C16H24O3/c1-5-13(10-16(2,3)15(18)19-4)14-8-6-12(11-17)7-9-14/h6-9,13,17H,5,10-11H2,1-4H3. The molecule has 0 heterocycles. The number of ether oxygens (including phenoxy) is 1. The Kier molecular flexibility index (Phi) is 5.55. The molecule has 0 aliphatic carbocycles. The van der Waals surface area contributed by atoms with Gasteiger partial charge < -0.3 is 9.84 Å². The van der Waals surface area contributed by atoms with Crippen LogP contribution in [-0.4, -0.2) is 18.2 Å². The minimum atomic E-state index is -0.481. The predicted octanol–water partition coefficient (Wildman–Crippen LogP) is 3.26. The molecule has 1 atom stereocenters. The van der Waals surface area contributed by atoms with Crippen LogP contribution in [0.3, 0.4) is 0 Å². The third-order valence-electron chi connectivity index (χ3n) is 3.62. The van der Waals surface area contributed by atoms with Gasteiger partial charge in [0.1, 0.15) is 0 Å². The number of rotatable bonds is 6. The highest BCUT2D eigenvalue weighted by molar-refractivity contribution is 5.75. The van der Waals surface area contributed by atoms with Gasteiger partial charge in [0, 0.05) is 0 Å². The molecule has 1 unspecified atom stereocenters. The molecule has 0 bridgehead atoms. The van der Waals surface area contributed by atoms with Crippen LogP contribution in [0.15, 0.2) is 24.3 Å². The summed E-state index contributed by atoms with van der Waals surface area (Å²) in [4.78, 5) is 11.8. The van der Waals surface area contributed by atoms with Crippen LogP contribution in [0.4, 0.5) is 0 Å². The van der Waals surface area contributed by atoms with Gasteiger partial charge in [-0.25, -0.2) is 0 Å². The number of esters is 1. The van der Waals surface area contributed by atoms with Crippen LogP contribution >= 0.6 is 0 Å². The van der Waals surface area contributed by atoms with E-state index in [1.807, 2.05) is 38.1 Å². The first-order chi connectivity index (χ1) is 8.94. The molecule has 1 aromatic rings. The molecular weight excluding hydrogens is 240 g/mol. The molecule has 0 aliphatic heterocycles. The van der Waals surface area contributed by atoms with Crippen molar-refractivity contribution in [1.82, 2.24) is 0 Å². The lowest BCUT2D eigenvalue weighted by Crippen LogP contribution is -2.27. The summed E-state index contributed by atoms with van der Waals surface area (Å²) in [6.45, 7) is 6.02. The first-order valence-electron chi connectivity index (χ1n) is 6.72. The van der Waals surface area contributed by atoms with E-state index in [2.05, 4.69) is 6.92 Å². The molecule has 0 fully saturated rings. The molecule has 0 aliphatic rings. The van der Waals surface area contributed by atoms with Crippen molar-refractivity contribution in [3.63, 3.8) is 0 Å². The lowest BCUT2D eigenvalue weighted by atomic mass is 9.78. The zero-order valence-electron chi connectivity index (χ0n) is 12.3. The summed E-state index contributed by atoms with van der Waals surface area (Å²) in [5.74, 6) is 0.153. The molecule has 0 radical (unpaired) electrons. The summed E-state index contributed by atoms with van der Waals surface area (Å²) >= 11 is 0. The van der Waals surface area contributed by atoms with Gasteiger partial charge in [0.25, 0.3) is 0 Å². The second kappa shape index (κ2) is 6.71. The van der Waals surface area contributed by atoms with Crippen molar-refractivity contribution in [3.05, 3.63) is 35.4 Å². The number of aliphatic hydroxyl groups excluding tert-OH is 1. The maximum atomic E-state index is 11.8. The molecule has 0 spiro atoms. The van der Waals surface area contributed by atoms with E-state index in [1.54, 1.807) is 0 Å². The second-order valence-electron chi connectivity index (χ2n) is 5.58. The molecule has 1 aromatic carbocycles. The first-order valence-corrected chi connectivity index (χ1v) is 6.72. The number of carbonyl (C=O) groups excluding carboxylic acids is 1. The van der Waals surface area contributed by atoms with Crippen molar-refractivity contribution < 1.29 is 14.6 Å². The van der Waals surface area contributed by atoms with Crippen LogP contribution in [0.5, 0.6) is 0 Å². The molecule has 3 nitrogen and oxygen atoms in total. The monoisotopic (exact) mass is 264 g/mol. The summed E-state index contributed by atoms with van der Waals surface area (Å²) in [6.07, 6.45) is 1.73. The Morgan fingerprint density at radius 1 is 1.32 bits per heavy atom. The van der Waals surface area contributed by atoms with Crippen molar-refractivity contribution in [1.29, 1.82) is 0 Å². The zero-order chi connectivity index (χ0) is 14.5. The highest BCUT2D eigenvalue weighted by Gasteiger charge is 2.31. The average Bonchev–Trinajstić information content (AvgIpc) is 2.44.